The van der Waals surface area contributed by atoms with Gasteiger partial charge < -0.3 is 11.1 Å². The Bertz CT molecular complexity index is 418. The van der Waals surface area contributed by atoms with E-state index in [0.717, 1.165) is 5.69 Å². The number of aromatic nitrogens is 1. The van der Waals surface area contributed by atoms with Gasteiger partial charge in [0.15, 0.2) is 0 Å². The number of hydrogen-bond acceptors (Lipinski definition) is 3. The highest BCUT2D eigenvalue weighted by Crippen LogP contribution is 2.14. The van der Waals surface area contributed by atoms with E-state index in [9.17, 15) is 4.79 Å². The van der Waals surface area contributed by atoms with Crippen molar-refractivity contribution in [1.82, 2.24) is 4.98 Å². The van der Waals surface area contributed by atoms with Crippen LogP contribution in [0.15, 0.2) is 18.3 Å². The molecule has 3 N–H and O–H groups in total. The zero-order valence-corrected chi connectivity index (χ0v) is 8.74. The Morgan fingerprint density at radius 1 is 1.67 bits per heavy atom. The standard InChI is InChI=1S/C11H13N3O/c1-4-11(2,3)14-8-5-6-13-9(7-8)10(12)15/h1,5-7H,2-3H3,(H2,12,15)(H,13,14). The van der Waals surface area contributed by atoms with Gasteiger partial charge in [-0.1, -0.05) is 5.92 Å². The Balaban J connectivity index is 2.93. The maximum Gasteiger partial charge on any atom is 0.267 e. The molecule has 0 atom stereocenters. The first-order valence-electron chi connectivity index (χ1n) is 4.46. The van der Waals surface area contributed by atoms with E-state index in [-0.39, 0.29) is 5.69 Å². The third-order valence-corrected chi connectivity index (χ3v) is 1.83. The van der Waals surface area contributed by atoms with Crippen LogP contribution >= 0.6 is 0 Å². The van der Waals surface area contributed by atoms with Crippen LogP contribution in [-0.4, -0.2) is 16.4 Å². The average molecular weight is 203 g/mol. The second-order valence-electron chi connectivity index (χ2n) is 3.69. The molecule has 0 spiro atoms. The summed E-state index contributed by atoms with van der Waals surface area (Å²) in [4.78, 5) is 14.7. The first kappa shape index (κ1) is 11.1. The molecule has 15 heavy (non-hydrogen) atoms. The van der Waals surface area contributed by atoms with Gasteiger partial charge in [0, 0.05) is 11.9 Å². The normalized spacial score (nSPS) is 10.5. The number of nitrogens with zero attached hydrogens (tertiary/aromatic N) is 1. The monoisotopic (exact) mass is 203 g/mol. The predicted octanol–water partition coefficient (Wildman–Crippen LogP) is 1.00. The summed E-state index contributed by atoms with van der Waals surface area (Å²) in [5.41, 5.74) is 5.57. The molecular formula is C11H13N3O. The van der Waals surface area contributed by atoms with Crippen LogP contribution < -0.4 is 11.1 Å². The fraction of sp³-hybridized carbons (Fsp3) is 0.273. The van der Waals surface area contributed by atoms with Gasteiger partial charge in [-0.15, -0.1) is 6.42 Å². The van der Waals surface area contributed by atoms with E-state index in [2.05, 4.69) is 16.2 Å². The molecule has 1 amide bonds. The molecule has 0 bridgehead atoms. The minimum atomic E-state index is -0.558. The van der Waals surface area contributed by atoms with Crippen molar-refractivity contribution in [1.29, 1.82) is 0 Å². The number of primary amides is 1. The number of carbonyl (C=O) groups is 1. The van der Waals surface area contributed by atoms with Crippen LogP contribution in [0, 0.1) is 12.3 Å². The first-order valence-corrected chi connectivity index (χ1v) is 4.46. The molecular weight excluding hydrogens is 190 g/mol. The lowest BCUT2D eigenvalue weighted by Gasteiger charge is -2.21. The predicted molar refractivity (Wildman–Crippen MR) is 59.3 cm³/mol. The number of nitrogens with one attached hydrogen (secondary N) is 1. The molecule has 0 aliphatic rings. The maximum absolute atomic E-state index is 10.9. The highest BCUT2D eigenvalue weighted by atomic mass is 16.1. The fourth-order valence-electron chi connectivity index (χ4n) is 1.04. The minimum Gasteiger partial charge on any atom is -0.369 e. The lowest BCUT2D eigenvalue weighted by molar-refractivity contribution is 0.0995. The van der Waals surface area contributed by atoms with Gasteiger partial charge in [0.05, 0.1) is 5.54 Å². The van der Waals surface area contributed by atoms with Crippen LogP contribution in [0.3, 0.4) is 0 Å². The Labute approximate surface area is 88.9 Å². The quantitative estimate of drug-likeness (QED) is 0.720. The van der Waals surface area contributed by atoms with Gasteiger partial charge in [-0.3, -0.25) is 9.78 Å². The number of amides is 1. The number of carbonyl (C=O) groups excluding carboxylic acids is 1. The zero-order chi connectivity index (χ0) is 11.5. The summed E-state index contributed by atoms with van der Waals surface area (Å²) in [5.74, 6) is 2.03. The van der Waals surface area contributed by atoms with Gasteiger partial charge in [-0.25, -0.2) is 0 Å². The molecule has 0 saturated heterocycles. The van der Waals surface area contributed by atoms with Crippen molar-refractivity contribution in [2.75, 3.05) is 5.32 Å². The molecule has 4 nitrogen and oxygen atoms in total. The molecule has 0 radical (unpaired) electrons. The van der Waals surface area contributed by atoms with Crippen molar-refractivity contribution in [3.8, 4) is 12.3 Å². The number of rotatable bonds is 3. The summed E-state index contributed by atoms with van der Waals surface area (Å²) in [6.07, 6.45) is 6.84. The topological polar surface area (TPSA) is 68.0 Å². The van der Waals surface area contributed by atoms with Crippen molar-refractivity contribution < 1.29 is 4.79 Å². The summed E-state index contributed by atoms with van der Waals surface area (Å²) < 4.78 is 0. The Kier molecular flexibility index (Phi) is 2.96. The van der Waals surface area contributed by atoms with E-state index in [1.54, 1.807) is 12.1 Å². The summed E-state index contributed by atoms with van der Waals surface area (Å²) in [7, 11) is 0. The summed E-state index contributed by atoms with van der Waals surface area (Å²) in [5, 5.41) is 3.08. The highest BCUT2D eigenvalue weighted by molar-refractivity contribution is 5.91. The van der Waals surface area contributed by atoms with Crippen LogP contribution in [0.5, 0.6) is 0 Å². The second kappa shape index (κ2) is 4.01. The van der Waals surface area contributed by atoms with E-state index < -0.39 is 11.4 Å². The van der Waals surface area contributed by atoms with Gasteiger partial charge in [0.2, 0.25) is 0 Å². The molecule has 0 aliphatic heterocycles. The lowest BCUT2D eigenvalue weighted by Crippen LogP contribution is -2.28. The van der Waals surface area contributed by atoms with Gasteiger partial charge in [0.25, 0.3) is 5.91 Å². The number of terminal acetylenes is 1. The Morgan fingerprint density at radius 3 is 2.87 bits per heavy atom. The lowest BCUT2D eigenvalue weighted by atomic mass is 10.1. The molecule has 0 aromatic carbocycles. The smallest absolute Gasteiger partial charge is 0.267 e. The number of pyridine rings is 1. The fourth-order valence-corrected chi connectivity index (χ4v) is 1.04. The van der Waals surface area contributed by atoms with Crippen LogP contribution in [0.4, 0.5) is 5.69 Å². The first-order chi connectivity index (χ1) is 6.94. The largest absolute Gasteiger partial charge is 0.369 e. The van der Waals surface area contributed by atoms with Crippen LogP contribution in [-0.2, 0) is 0 Å². The maximum atomic E-state index is 10.9. The Hall–Kier alpha value is -2.02. The highest BCUT2D eigenvalue weighted by Gasteiger charge is 2.13. The van der Waals surface area contributed by atoms with Gasteiger partial charge in [0.1, 0.15) is 5.69 Å². The summed E-state index contributed by atoms with van der Waals surface area (Å²) in [6, 6.07) is 3.30. The van der Waals surface area contributed by atoms with Crippen molar-refractivity contribution >= 4 is 11.6 Å². The Morgan fingerprint density at radius 2 is 2.33 bits per heavy atom. The van der Waals surface area contributed by atoms with Crippen molar-refractivity contribution in [3.05, 3.63) is 24.0 Å². The third kappa shape index (κ3) is 2.99. The van der Waals surface area contributed by atoms with E-state index >= 15 is 0 Å². The number of nitrogens with two attached hydrogens (primary N) is 1. The minimum absolute atomic E-state index is 0.216. The molecule has 0 fully saturated rings. The number of anilines is 1. The molecule has 0 saturated carbocycles. The molecule has 1 rings (SSSR count). The van der Waals surface area contributed by atoms with E-state index in [1.807, 2.05) is 13.8 Å². The van der Waals surface area contributed by atoms with Crippen molar-refractivity contribution in [2.45, 2.75) is 19.4 Å². The van der Waals surface area contributed by atoms with Crippen LogP contribution in [0.1, 0.15) is 24.3 Å². The molecule has 1 aromatic heterocycles. The molecule has 1 heterocycles. The van der Waals surface area contributed by atoms with Crippen molar-refractivity contribution in [3.63, 3.8) is 0 Å². The molecule has 4 heteroatoms. The average Bonchev–Trinajstić information content (AvgIpc) is 2.17. The van der Waals surface area contributed by atoms with E-state index in [1.165, 1.54) is 6.20 Å². The molecule has 78 valence electrons. The van der Waals surface area contributed by atoms with Crippen LogP contribution in [0.25, 0.3) is 0 Å². The van der Waals surface area contributed by atoms with Gasteiger partial charge in [-0.05, 0) is 26.0 Å². The molecule has 1 aromatic rings. The summed E-state index contributed by atoms with van der Waals surface area (Å²) >= 11 is 0. The second-order valence-corrected chi connectivity index (χ2v) is 3.69. The number of hydrogen-bond donors (Lipinski definition) is 2. The molecule has 0 aliphatic carbocycles. The third-order valence-electron chi connectivity index (χ3n) is 1.83. The van der Waals surface area contributed by atoms with Crippen molar-refractivity contribution in [2.24, 2.45) is 5.73 Å². The summed E-state index contributed by atoms with van der Waals surface area (Å²) in [6.45, 7) is 3.72. The van der Waals surface area contributed by atoms with Gasteiger partial charge in [-0.2, -0.15) is 0 Å². The molecule has 0 unspecified atom stereocenters. The van der Waals surface area contributed by atoms with E-state index in [0.29, 0.717) is 0 Å². The zero-order valence-electron chi connectivity index (χ0n) is 8.74. The van der Waals surface area contributed by atoms with Gasteiger partial charge >= 0.3 is 0 Å². The SMILES string of the molecule is C#CC(C)(C)Nc1ccnc(C(N)=O)c1. The van der Waals surface area contributed by atoms with E-state index in [4.69, 9.17) is 12.2 Å². The van der Waals surface area contributed by atoms with Crippen LogP contribution in [0.2, 0.25) is 0 Å².